The average molecular weight is 357 g/mol. The molecule has 0 fully saturated rings. The third kappa shape index (κ3) is 4.77. The second-order valence-electron chi connectivity index (χ2n) is 4.67. The van der Waals surface area contributed by atoms with Crippen LogP contribution in [-0.4, -0.2) is 29.3 Å². The zero-order chi connectivity index (χ0) is 17.0. The van der Waals surface area contributed by atoms with E-state index in [1.54, 1.807) is 18.2 Å². The lowest BCUT2D eigenvalue weighted by Crippen LogP contribution is -2.29. The van der Waals surface area contributed by atoms with Gasteiger partial charge in [0.1, 0.15) is 12.4 Å². The molecule has 2 N–H and O–H groups in total. The number of hydrogen-bond acceptors (Lipinski definition) is 5. The summed E-state index contributed by atoms with van der Waals surface area (Å²) in [4.78, 5) is 11.7. The highest BCUT2D eigenvalue weighted by atomic mass is 35.5. The fourth-order valence-electron chi connectivity index (χ4n) is 1.79. The second kappa shape index (κ2) is 7.10. The van der Waals surface area contributed by atoms with Crippen LogP contribution >= 0.6 is 11.6 Å². The van der Waals surface area contributed by atoms with Gasteiger partial charge in [0.2, 0.25) is 11.2 Å². The Morgan fingerprint density at radius 3 is 2.39 bits per heavy atom. The van der Waals surface area contributed by atoms with Crippen LogP contribution in [0.4, 0.5) is 0 Å². The predicted molar refractivity (Wildman–Crippen MR) is 84.1 cm³/mol. The van der Waals surface area contributed by atoms with Gasteiger partial charge in [0.15, 0.2) is 0 Å². The molecule has 0 bridgehead atoms. The lowest BCUT2D eigenvalue weighted by atomic mass is 10.1. The molecule has 1 atom stereocenters. The third-order valence-corrected chi connectivity index (χ3v) is 3.95. The maximum Gasteiger partial charge on any atom is 0.299 e. The molecule has 2 aromatic carbocycles. The Labute approximate surface area is 138 Å². The summed E-state index contributed by atoms with van der Waals surface area (Å²) in [6.45, 7) is 0.265. The molecule has 0 saturated carbocycles. The third-order valence-electron chi connectivity index (χ3n) is 2.94. The van der Waals surface area contributed by atoms with Gasteiger partial charge in [0.25, 0.3) is 10.1 Å². The zero-order valence-electron chi connectivity index (χ0n) is 11.7. The first-order chi connectivity index (χ1) is 10.8. The zero-order valence-corrected chi connectivity index (χ0v) is 13.3. The molecule has 2 rings (SSSR count). The van der Waals surface area contributed by atoms with Crippen LogP contribution in [0, 0.1) is 0 Å². The van der Waals surface area contributed by atoms with Gasteiger partial charge in [-0.25, -0.2) is 0 Å². The Balaban J connectivity index is 2.03. The van der Waals surface area contributed by atoms with E-state index in [-0.39, 0.29) is 12.2 Å². The number of carbonyl (C=O) groups excluding carboxylic acids is 1. The monoisotopic (exact) mass is 356 g/mol. The van der Waals surface area contributed by atoms with Crippen LogP contribution in [0.15, 0.2) is 48.5 Å². The molecule has 8 heteroatoms. The number of halogens is 1. The van der Waals surface area contributed by atoms with Crippen LogP contribution in [-0.2, 0) is 16.7 Å². The van der Waals surface area contributed by atoms with Gasteiger partial charge in [-0.2, -0.15) is 8.42 Å². The van der Waals surface area contributed by atoms with Crippen molar-refractivity contribution in [2.45, 2.75) is 12.0 Å². The predicted octanol–water partition coefficient (Wildman–Crippen LogP) is 2.31. The number of ketones is 1. The van der Waals surface area contributed by atoms with Gasteiger partial charge < -0.3 is 9.84 Å². The smallest absolute Gasteiger partial charge is 0.299 e. The number of rotatable bonds is 6. The Morgan fingerprint density at radius 1 is 1.17 bits per heavy atom. The van der Waals surface area contributed by atoms with Gasteiger partial charge in [-0.15, -0.1) is 0 Å². The number of aliphatic hydroxyl groups is 1. The quantitative estimate of drug-likeness (QED) is 0.608. The molecule has 122 valence electrons. The maximum atomic E-state index is 11.7. The van der Waals surface area contributed by atoms with E-state index >= 15 is 0 Å². The van der Waals surface area contributed by atoms with Crippen LogP contribution in [0.2, 0.25) is 5.02 Å². The maximum absolute atomic E-state index is 11.7. The summed E-state index contributed by atoms with van der Waals surface area (Å²) in [7, 11) is -4.85. The van der Waals surface area contributed by atoms with Crippen molar-refractivity contribution >= 4 is 27.5 Å². The molecule has 0 saturated heterocycles. The first-order valence-corrected chi connectivity index (χ1v) is 8.31. The van der Waals surface area contributed by atoms with E-state index in [0.717, 1.165) is 5.56 Å². The minimum Gasteiger partial charge on any atom is -0.489 e. The second-order valence-corrected chi connectivity index (χ2v) is 6.59. The van der Waals surface area contributed by atoms with Crippen molar-refractivity contribution in [1.82, 2.24) is 0 Å². The van der Waals surface area contributed by atoms with E-state index in [4.69, 9.17) is 20.9 Å². The highest BCUT2D eigenvalue weighted by Gasteiger charge is 2.29. The Bertz CT molecular complexity index is 801. The number of carbonyl (C=O) groups is 1. The van der Waals surface area contributed by atoms with Crippen LogP contribution in [0.25, 0.3) is 0 Å². The van der Waals surface area contributed by atoms with Crippen molar-refractivity contribution in [2.24, 2.45) is 0 Å². The number of hydrogen-bond donors (Lipinski definition) is 2. The van der Waals surface area contributed by atoms with Gasteiger partial charge in [-0.3, -0.25) is 9.35 Å². The molecular weight excluding hydrogens is 344 g/mol. The molecule has 23 heavy (non-hydrogen) atoms. The molecule has 0 heterocycles. The van der Waals surface area contributed by atoms with E-state index in [0.29, 0.717) is 10.8 Å². The normalized spacial score (nSPS) is 12.7. The Hall–Kier alpha value is -1.93. The van der Waals surface area contributed by atoms with Crippen LogP contribution in [0.1, 0.15) is 15.9 Å². The van der Waals surface area contributed by atoms with E-state index in [1.807, 2.05) is 6.07 Å². The lowest BCUT2D eigenvalue weighted by Gasteiger charge is -2.09. The molecular formula is C15H13ClO6S. The van der Waals surface area contributed by atoms with Crippen molar-refractivity contribution in [2.75, 3.05) is 0 Å². The Morgan fingerprint density at radius 2 is 1.83 bits per heavy atom. The fourth-order valence-corrected chi connectivity index (χ4v) is 2.41. The molecule has 0 aliphatic heterocycles. The SMILES string of the molecule is O=C(c1ccc(OCc2cccc(Cl)c2)cc1)C(O)S(=O)(=O)O. The number of benzene rings is 2. The molecule has 0 aliphatic carbocycles. The minimum atomic E-state index is -4.85. The van der Waals surface area contributed by atoms with Gasteiger partial charge in [-0.05, 0) is 42.0 Å². The van der Waals surface area contributed by atoms with Gasteiger partial charge in [0.05, 0.1) is 0 Å². The summed E-state index contributed by atoms with van der Waals surface area (Å²) in [5, 5.41) is 9.81. The largest absolute Gasteiger partial charge is 0.489 e. The summed E-state index contributed by atoms with van der Waals surface area (Å²) in [5.74, 6) is -0.670. The van der Waals surface area contributed by atoms with Crippen LogP contribution in [0.3, 0.4) is 0 Å². The molecule has 0 radical (unpaired) electrons. The van der Waals surface area contributed by atoms with E-state index in [2.05, 4.69) is 0 Å². The lowest BCUT2D eigenvalue weighted by molar-refractivity contribution is 0.0848. The van der Waals surface area contributed by atoms with Crippen molar-refractivity contribution in [3.05, 3.63) is 64.7 Å². The first kappa shape index (κ1) is 17.4. The van der Waals surface area contributed by atoms with E-state index < -0.39 is 21.3 Å². The van der Waals surface area contributed by atoms with Crippen LogP contribution < -0.4 is 4.74 Å². The van der Waals surface area contributed by atoms with Crippen molar-refractivity contribution in [1.29, 1.82) is 0 Å². The Kier molecular flexibility index (Phi) is 5.38. The van der Waals surface area contributed by atoms with Crippen LogP contribution in [0.5, 0.6) is 5.75 Å². The average Bonchev–Trinajstić information content (AvgIpc) is 2.51. The molecule has 0 spiro atoms. The van der Waals surface area contributed by atoms with Gasteiger partial charge >= 0.3 is 0 Å². The number of aliphatic hydroxyl groups excluding tert-OH is 1. The van der Waals surface area contributed by atoms with Crippen molar-refractivity contribution in [3.63, 3.8) is 0 Å². The first-order valence-electron chi connectivity index (χ1n) is 6.43. The van der Waals surface area contributed by atoms with E-state index in [1.165, 1.54) is 24.3 Å². The van der Waals surface area contributed by atoms with Gasteiger partial charge in [0, 0.05) is 10.6 Å². The topological polar surface area (TPSA) is 101 Å². The fraction of sp³-hybridized carbons (Fsp3) is 0.133. The standard InChI is InChI=1S/C15H13ClO6S/c16-12-3-1-2-10(8-12)9-22-13-6-4-11(5-7-13)14(17)15(18)23(19,20)21/h1-8,15,18H,9H2,(H,19,20,21). The summed E-state index contributed by atoms with van der Waals surface area (Å²) in [5.41, 5.74) is -1.70. The summed E-state index contributed by atoms with van der Waals surface area (Å²) < 4.78 is 35.7. The number of Topliss-reactive ketones (excluding diaryl/α,β-unsaturated/α-hetero) is 1. The molecule has 0 aromatic heterocycles. The summed E-state index contributed by atoms with van der Waals surface area (Å²) in [6.07, 6.45) is 0. The van der Waals surface area contributed by atoms with Crippen molar-refractivity contribution < 1.29 is 27.6 Å². The minimum absolute atomic E-state index is 0.0646. The molecule has 6 nitrogen and oxygen atoms in total. The molecule has 2 aromatic rings. The highest BCUT2D eigenvalue weighted by molar-refractivity contribution is 7.87. The molecule has 0 amide bonds. The summed E-state index contributed by atoms with van der Waals surface area (Å²) in [6, 6.07) is 12.6. The number of ether oxygens (including phenoxy) is 1. The van der Waals surface area contributed by atoms with Crippen molar-refractivity contribution in [3.8, 4) is 5.75 Å². The summed E-state index contributed by atoms with van der Waals surface area (Å²) >= 11 is 5.86. The highest BCUT2D eigenvalue weighted by Crippen LogP contribution is 2.17. The molecule has 1 unspecified atom stereocenters. The van der Waals surface area contributed by atoms with E-state index in [9.17, 15) is 18.3 Å². The van der Waals surface area contributed by atoms with Gasteiger partial charge in [-0.1, -0.05) is 23.7 Å². The molecule has 0 aliphatic rings.